The zero-order chi connectivity index (χ0) is 17.1. The molecule has 0 N–H and O–H groups in total. The summed E-state index contributed by atoms with van der Waals surface area (Å²) in [4.78, 5) is 14.5. The Labute approximate surface area is 148 Å². The van der Waals surface area contributed by atoms with Gasteiger partial charge in [-0.05, 0) is 31.9 Å². The number of hydrogen-bond acceptors (Lipinski definition) is 4. The summed E-state index contributed by atoms with van der Waals surface area (Å²) < 4.78 is 0. The minimum Gasteiger partial charge on any atom is -0.329 e. The van der Waals surface area contributed by atoms with Gasteiger partial charge in [0.05, 0.1) is 0 Å². The fourth-order valence-electron chi connectivity index (χ4n) is 5.96. The van der Waals surface area contributed by atoms with Crippen LogP contribution in [0.5, 0.6) is 0 Å². The Morgan fingerprint density at radius 1 is 1.04 bits per heavy atom. The highest BCUT2D eigenvalue weighted by atomic mass is 15.5. The third kappa shape index (κ3) is 1.22. The predicted molar refractivity (Wildman–Crippen MR) is 99.1 cm³/mol. The first-order valence-electron chi connectivity index (χ1n) is 9.22. The molecule has 1 aromatic carbocycles. The van der Waals surface area contributed by atoms with Gasteiger partial charge in [-0.1, -0.05) is 43.2 Å². The molecule has 2 aromatic rings. The van der Waals surface area contributed by atoms with Gasteiger partial charge in [-0.3, -0.25) is 0 Å². The molecule has 6 rings (SSSR count). The molecule has 0 spiro atoms. The maximum absolute atomic E-state index is 4.76. The second kappa shape index (κ2) is 3.90. The van der Waals surface area contributed by atoms with E-state index < -0.39 is 0 Å². The highest BCUT2D eigenvalue weighted by molar-refractivity contribution is 5.87. The summed E-state index contributed by atoms with van der Waals surface area (Å²) in [6.07, 6.45) is 5.10. The molecule has 25 heavy (non-hydrogen) atoms. The number of nitrogens with zero attached hydrogens (tertiary/aromatic N) is 4. The van der Waals surface area contributed by atoms with E-state index in [2.05, 4.69) is 61.8 Å². The zero-order valence-electron chi connectivity index (χ0n) is 15.1. The van der Waals surface area contributed by atoms with Gasteiger partial charge in [-0.15, -0.1) is 0 Å². The smallest absolute Gasteiger partial charge is 0.178 e. The molecule has 0 amide bonds. The normalized spacial score (nSPS) is 33.4. The maximum Gasteiger partial charge on any atom is 0.178 e. The molecule has 2 aliphatic carbocycles. The number of para-hydroxylation sites is 1. The molecule has 4 nitrogen and oxygen atoms in total. The number of fused-ring (bicyclic) bond motifs is 10. The van der Waals surface area contributed by atoms with Crippen LogP contribution in [-0.4, -0.2) is 22.2 Å². The molecule has 0 bridgehead atoms. The number of aromatic nitrogens is 2. The van der Waals surface area contributed by atoms with E-state index >= 15 is 0 Å². The lowest BCUT2D eigenvalue weighted by molar-refractivity contribution is 0.163. The van der Waals surface area contributed by atoms with Crippen LogP contribution in [0.2, 0.25) is 0 Å². The van der Waals surface area contributed by atoms with Gasteiger partial charge in [0.2, 0.25) is 0 Å². The Balaban J connectivity index is 1.71. The van der Waals surface area contributed by atoms with Crippen molar-refractivity contribution in [3.63, 3.8) is 0 Å². The van der Waals surface area contributed by atoms with E-state index in [0.717, 1.165) is 11.6 Å². The predicted octanol–water partition coefficient (Wildman–Crippen LogP) is 4.16. The summed E-state index contributed by atoms with van der Waals surface area (Å²) in [7, 11) is 0. The van der Waals surface area contributed by atoms with Crippen LogP contribution in [0.25, 0.3) is 0 Å². The molecule has 0 fully saturated rings. The topological polar surface area (TPSA) is 32.3 Å². The Morgan fingerprint density at radius 3 is 2.52 bits per heavy atom. The largest absolute Gasteiger partial charge is 0.329 e. The van der Waals surface area contributed by atoms with Crippen LogP contribution in [-0.2, 0) is 5.41 Å². The molecular formula is C21H22N4. The standard InChI is InChI=1S/C21H22N4/c1-12(2)24-17-18(23-10-9-22-17)25-16-8-6-5-7-13(16)20(3)14-11-15(14)21(20,4)19(24)25/h5-10,12,19H,11H2,1-4H3. The van der Waals surface area contributed by atoms with Crippen molar-refractivity contribution in [2.24, 2.45) is 5.41 Å². The Morgan fingerprint density at radius 2 is 1.76 bits per heavy atom. The molecular weight excluding hydrogens is 308 g/mol. The fourth-order valence-corrected chi connectivity index (χ4v) is 5.96. The van der Waals surface area contributed by atoms with E-state index in [1.807, 2.05) is 12.4 Å². The molecule has 4 aliphatic rings. The molecule has 0 saturated heterocycles. The average Bonchev–Trinajstić information content (AvgIpc) is 3.31. The Hall–Kier alpha value is -2.36. The SMILES string of the molecule is CC(C)N1c2nccnc2N2c3ccccc3C3(C)C4=C(C4)C3(C)C21. The Bertz CT molecular complexity index is 977. The third-order valence-electron chi connectivity index (χ3n) is 7.28. The van der Waals surface area contributed by atoms with Gasteiger partial charge in [0.15, 0.2) is 11.6 Å². The van der Waals surface area contributed by atoms with E-state index in [4.69, 9.17) is 9.97 Å². The molecule has 2 aliphatic heterocycles. The van der Waals surface area contributed by atoms with Gasteiger partial charge in [0.25, 0.3) is 0 Å². The number of rotatable bonds is 1. The average molecular weight is 330 g/mol. The minimum atomic E-state index is 0.114. The van der Waals surface area contributed by atoms with E-state index in [9.17, 15) is 0 Å². The first-order valence-corrected chi connectivity index (χ1v) is 9.22. The molecule has 3 unspecified atom stereocenters. The summed E-state index contributed by atoms with van der Waals surface area (Å²) in [6, 6.07) is 9.28. The highest BCUT2D eigenvalue weighted by Crippen LogP contribution is 2.79. The van der Waals surface area contributed by atoms with Crippen molar-refractivity contribution in [3.05, 3.63) is 53.4 Å². The van der Waals surface area contributed by atoms with Crippen molar-refractivity contribution in [2.75, 3.05) is 9.80 Å². The number of hydrogen-bond donors (Lipinski definition) is 0. The van der Waals surface area contributed by atoms with E-state index in [1.165, 1.54) is 17.7 Å². The maximum atomic E-state index is 4.76. The second-order valence-electron chi connectivity index (χ2n) is 8.43. The number of allylic oxidation sites excluding steroid dienone is 1. The van der Waals surface area contributed by atoms with E-state index in [1.54, 1.807) is 11.1 Å². The van der Waals surface area contributed by atoms with Gasteiger partial charge in [0, 0.05) is 35.0 Å². The first-order chi connectivity index (χ1) is 12.0. The number of anilines is 3. The van der Waals surface area contributed by atoms with Crippen LogP contribution >= 0.6 is 0 Å². The third-order valence-corrected chi connectivity index (χ3v) is 7.28. The van der Waals surface area contributed by atoms with Crippen molar-refractivity contribution >= 4 is 17.3 Å². The molecule has 126 valence electrons. The van der Waals surface area contributed by atoms with E-state index in [-0.39, 0.29) is 17.0 Å². The second-order valence-corrected chi connectivity index (χ2v) is 8.43. The summed E-state index contributed by atoms with van der Waals surface area (Å²) in [5, 5.41) is 0. The molecule has 3 atom stereocenters. The Kier molecular flexibility index (Phi) is 2.16. The van der Waals surface area contributed by atoms with Crippen LogP contribution in [0.15, 0.2) is 47.8 Å². The molecule has 3 heterocycles. The summed E-state index contributed by atoms with van der Waals surface area (Å²) in [5.74, 6) is 2.03. The molecule has 0 radical (unpaired) electrons. The minimum absolute atomic E-state index is 0.114. The highest BCUT2D eigenvalue weighted by Gasteiger charge is 2.75. The van der Waals surface area contributed by atoms with Gasteiger partial charge >= 0.3 is 0 Å². The van der Waals surface area contributed by atoms with Crippen LogP contribution in [0, 0.1) is 5.41 Å². The van der Waals surface area contributed by atoms with Crippen LogP contribution < -0.4 is 9.80 Å². The van der Waals surface area contributed by atoms with Crippen LogP contribution in [0.3, 0.4) is 0 Å². The van der Waals surface area contributed by atoms with Crippen LogP contribution in [0.1, 0.15) is 39.7 Å². The number of benzene rings is 1. The van der Waals surface area contributed by atoms with Crippen molar-refractivity contribution in [2.45, 2.75) is 51.7 Å². The summed E-state index contributed by atoms with van der Waals surface area (Å²) in [5.41, 5.74) is 6.34. The fraction of sp³-hybridized carbons (Fsp3) is 0.429. The lowest BCUT2D eigenvalue weighted by Crippen LogP contribution is -2.66. The van der Waals surface area contributed by atoms with Crippen molar-refractivity contribution in [1.29, 1.82) is 0 Å². The van der Waals surface area contributed by atoms with Gasteiger partial charge < -0.3 is 9.80 Å². The lowest BCUT2D eigenvalue weighted by atomic mass is 9.50. The van der Waals surface area contributed by atoms with Gasteiger partial charge in [-0.2, -0.15) is 0 Å². The zero-order valence-corrected chi connectivity index (χ0v) is 15.1. The van der Waals surface area contributed by atoms with Crippen molar-refractivity contribution in [3.8, 4) is 0 Å². The van der Waals surface area contributed by atoms with E-state index in [0.29, 0.717) is 6.04 Å². The first kappa shape index (κ1) is 13.9. The molecule has 4 heteroatoms. The van der Waals surface area contributed by atoms with Gasteiger partial charge in [-0.25, -0.2) is 9.97 Å². The van der Waals surface area contributed by atoms with Crippen LogP contribution in [0.4, 0.5) is 17.3 Å². The summed E-state index contributed by atoms with van der Waals surface area (Å²) >= 11 is 0. The van der Waals surface area contributed by atoms with Crippen molar-refractivity contribution in [1.82, 2.24) is 9.97 Å². The lowest BCUT2D eigenvalue weighted by Gasteiger charge is -2.61. The van der Waals surface area contributed by atoms with Gasteiger partial charge in [0.1, 0.15) is 6.17 Å². The summed E-state index contributed by atoms with van der Waals surface area (Å²) in [6.45, 7) is 9.46. The monoisotopic (exact) mass is 330 g/mol. The van der Waals surface area contributed by atoms with Crippen molar-refractivity contribution < 1.29 is 0 Å². The molecule has 0 saturated carbocycles. The quantitative estimate of drug-likeness (QED) is 0.735. The molecule has 1 aromatic heterocycles.